The van der Waals surface area contributed by atoms with Crippen LogP contribution in [0.1, 0.15) is 17.5 Å². The van der Waals surface area contributed by atoms with Crippen LogP contribution in [0.3, 0.4) is 0 Å². The highest BCUT2D eigenvalue weighted by atomic mass is 35.5. The molecule has 116 valence electrons. The second-order valence-electron chi connectivity index (χ2n) is 5.22. The van der Waals surface area contributed by atoms with Crippen LogP contribution in [0.15, 0.2) is 59.2 Å². The zero-order valence-corrected chi connectivity index (χ0v) is 13.0. The van der Waals surface area contributed by atoms with E-state index in [-0.39, 0.29) is 11.7 Å². The van der Waals surface area contributed by atoms with Crippen molar-refractivity contribution in [1.82, 2.24) is 5.32 Å². The third kappa shape index (κ3) is 4.05. The van der Waals surface area contributed by atoms with Gasteiger partial charge in [-0.1, -0.05) is 35.9 Å². The van der Waals surface area contributed by atoms with E-state index in [1.807, 2.05) is 24.3 Å². The molecule has 0 saturated carbocycles. The molecule has 0 aromatic heterocycles. The normalized spacial score (nSPS) is 15.7. The Bertz CT molecular complexity index is 780. The number of carbonyl (C=O) groups is 1. The number of aliphatic imine (C=N–C) groups is 1. The van der Waals surface area contributed by atoms with Gasteiger partial charge in [0.1, 0.15) is 17.3 Å². The number of nitrogens with zero attached hydrogens (tertiary/aromatic N) is 1. The van der Waals surface area contributed by atoms with Crippen LogP contribution in [0.2, 0.25) is 5.02 Å². The number of nitrogens with one attached hydrogen (secondary N) is 1. The van der Waals surface area contributed by atoms with Crippen molar-refractivity contribution in [2.24, 2.45) is 4.99 Å². The molecule has 0 atom stereocenters. The van der Waals surface area contributed by atoms with Crippen LogP contribution in [-0.4, -0.2) is 11.7 Å². The molecular weight excluding hydrogens is 315 g/mol. The van der Waals surface area contributed by atoms with Crippen LogP contribution in [-0.2, 0) is 11.2 Å². The van der Waals surface area contributed by atoms with Gasteiger partial charge in [0.25, 0.3) is 5.91 Å². The Morgan fingerprint density at radius 3 is 2.43 bits per heavy atom. The summed E-state index contributed by atoms with van der Waals surface area (Å²) in [5.41, 5.74) is 2.20. The van der Waals surface area contributed by atoms with Gasteiger partial charge in [-0.2, -0.15) is 0 Å². The number of hydrogen-bond donors (Lipinski definition) is 1. The highest BCUT2D eigenvalue weighted by Crippen LogP contribution is 2.15. The monoisotopic (exact) mass is 328 g/mol. The van der Waals surface area contributed by atoms with E-state index in [4.69, 9.17) is 11.6 Å². The molecule has 0 radical (unpaired) electrons. The van der Waals surface area contributed by atoms with Crippen LogP contribution in [0, 0.1) is 5.82 Å². The lowest BCUT2D eigenvalue weighted by molar-refractivity contribution is -0.115. The third-order valence-electron chi connectivity index (χ3n) is 3.48. The number of carbonyl (C=O) groups excluding carboxylic acids is 1. The molecule has 1 amide bonds. The first-order valence-corrected chi connectivity index (χ1v) is 7.58. The van der Waals surface area contributed by atoms with Crippen LogP contribution in [0.25, 0.3) is 6.08 Å². The molecule has 3 rings (SSSR count). The molecule has 5 heteroatoms. The SMILES string of the molecule is O=C1NC(CCc2ccc(Cl)cc2)=N/C1=C/c1ccc(F)cc1. The number of benzene rings is 2. The maximum absolute atomic E-state index is 12.9. The van der Waals surface area contributed by atoms with E-state index in [1.165, 1.54) is 12.1 Å². The standard InChI is InChI=1S/C18H14ClFN2O/c19-14-6-1-12(2-7-14)5-10-17-21-16(18(23)22-17)11-13-3-8-15(20)9-4-13/h1-4,6-9,11H,5,10H2,(H,21,22,23)/b16-11+. The zero-order valence-electron chi connectivity index (χ0n) is 12.2. The lowest BCUT2D eigenvalue weighted by Gasteiger charge is -2.01. The first-order chi connectivity index (χ1) is 11.1. The number of hydrogen-bond acceptors (Lipinski definition) is 2. The maximum atomic E-state index is 12.9. The Labute approximate surface area is 138 Å². The van der Waals surface area contributed by atoms with Crippen LogP contribution in [0.4, 0.5) is 4.39 Å². The summed E-state index contributed by atoms with van der Waals surface area (Å²) in [5, 5.41) is 3.46. The lowest BCUT2D eigenvalue weighted by atomic mass is 10.1. The van der Waals surface area contributed by atoms with Gasteiger partial charge >= 0.3 is 0 Å². The fraction of sp³-hybridized carbons (Fsp3) is 0.111. The predicted octanol–water partition coefficient (Wildman–Crippen LogP) is 3.98. The Balaban J connectivity index is 1.68. The highest BCUT2D eigenvalue weighted by Gasteiger charge is 2.19. The van der Waals surface area contributed by atoms with Crippen LogP contribution in [0.5, 0.6) is 0 Å². The average Bonchev–Trinajstić information content (AvgIpc) is 2.89. The van der Waals surface area contributed by atoms with Gasteiger partial charge in [0.2, 0.25) is 0 Å². The van der Waals surface area contributed by atoms with Crippen molar-refractivity contribution in [3.63, 3.8) is 0 Å². The highest BCUT2D eigenvalue weighted by molar-refractivity contribution is 6.30. The molecule has 1 heterocycles. The van der Waals surface area contributed by atoms with Gasteiger partial charge in [0.05, 0.1) is 0 Å². The zero-order chi connectivity index (χ0) is 16.2. The molecule has 0 bridgehead atoms. The van der Waals surface area contributed by atoms with Crippen molar-refractivity contribution >= 4 is 29.4 Å². The number of aryl methyl sites for hydroxylation is 1. The van der Waals surface area contributed by atoms with Crippen LogP contribution < -0.4 is 5.32 Å². The second kappa shape index (κ2) is 6.75. The topological polar surface area (TPSA) is 41.5 Å². The summed E-state index contributed by atoms with van der Waals surface area (Å²) >= 11 is 5.85. The summed E-state index contributed by atoms with van der Waals surface area (Å²) in [6.07, 6.45) is 3.04. The fourth-order valence-electron chi connectivity index (χ4n) is 2.27. The molecule has 0 saturated heterocycles. The largest absolute Gasteiger partial charge is 0.309 e. The molecule has 2 aromatic rings. The molecule has 0 spiro atoms. The third-order valence-corrected chi connectivity index (χ3v) is 3.73. The molecule has 23 heavy (non-hydrogen) atoms. The first-order valence-electron chi connectivity index (χ1n) is 7.21. The van der Waals surface area contributed by atoms with Gasteiger partial charge in [-0.25, -0.2) is 9.38 Å². The number of amidine groups is 1. The van der Waals surface area contributed by atoms with Gasteiger partial charge in [-0.05, 0) is 47.9 Å². The van der Waals surface area contributed by atoms with Crippen molar-refractivity contribution < 1.29 is 9.18 Å². The predicted molar refractivity (Wildman–Crippen MR) is 89.7 cm³/mol. The van der Waals surface area contributed by atoms with Crippen molar-refractivity contribution in [2.45, 2.75) is 12.8 Å². The molecule has 1 aliphatic rings. The second-order valence-corrected chi connectivity index (χ2v) is 5.66. The van der Waals surface area contributed by atoms with Gasteiger partial charge < -0.3 is 5.32 Å². The maximum Gasteiger partial charge on any atom is 0.275 e. The van der Waals surface area contributed by atoms with Crippen molar-refractivity contribution in [2.75, 3.05) is 0 Å². The summed E-state index contributed by atoms with van der Waals surface area (Å²) in [7, 11) is 0. The van der Waals surface area contributed by atoms with E-state index < -0.39 is 0 Å². The molecule has 1 N–H and O–H groups in total. The van der Waals surface area contributed by atoms with Crippen LogP contribution >= 0.6 is 11.6 Å². The van der Waals surface area contributed by atoms with E-state index in [2.05, 4.69) is 10.3 Å². The van der Waals surface area contributed by atoms with Crippen molar-refractivity contribution in [3.8, 4) is 0 Å². The van der Waals surface area contributed by atoms with Gasteiger partial charge in [-0.15, -0.1) is 0 Å². The number of halogens is 2. The summed E-state index contributed by atoms with van der Waals surface area (Å²) in [6, 6.07) is 13.5. The summed E-state index contributed by atoms with van der Waals surface area (Å²) in [6.45, 7) is 0. The summed E-state index contributed by atoms with van der Waals surface area (Å²) in [4.78, 5) is 16.2. The summed E-state index contributed by atoms with van der Waals surface area (Å²) < 4.78 is 12.9. The van der Waals surface area contributed by atoms with E-state index in [1.54, 1.807) is 18.2 Å². The Hall–Kier alpha value is -2.46. The van der Waals surface area contributed by atoms with E-state index in [0.717, 1.165) is 17.5 Å². The molecule has 0 unspecified atom stereocenters. The Morgan fingerprint density at radius 2 is 1.74 bits per heavy atom. The lowest BCUT2D eigenvalue weighted by Crippen LogP contribution is -2.24. The smallest absolute Gasteiger partial charge is 0.275 e. The molecule has 1 aliphatic heterocycles. The van der Waals surface area contributed by atoms with Crippen molar-refractivity contribution in [3.05, 3.63) is 76.2 Å². The number of amides is 1. The average molecular weight is 329 g/mol. The molecule has 3 nitrogen and oxygen atoms in total. The summed E-state index contributed by atoms with van der Waals surface area (Å²) in [5.74, 6) is 0.0916. The minimum absolute atomic E-state index is 0.236. The Kier molecular flexibility index (Phi) is 4.53. The molecule has 0 aliphatic carbocycles. The van der Waals surface area contributed by atoms with Crippen molar-refractivity contribution in [1.29, 1.82) is 0 Å². The number of rotatable bonds is 4. The van der Waals surface area contributed by atoms with E-state index in [9.17, 15) is 9.18 Å². The van der Waals surface area contributed by atoms with E-state index in [0.29, 0.717) is 23.0 Å². The quantitative estimate of drug-likeness (QED) is 0.847. The minimum Gasteiger partial charge on any atom is -0.309 e. The fourth-order valence-corrected chi connectivity index (χ4v) is 2.39. The molecular formula is C18H14ClFN2O. The minimum atomic E-state index is -0.310. The molecule has 0 fully saturated rings. The Morgan fingerprint density at radius 1 is 1.04 bits per heavy atom. The first kappa shape index (κ1) is 15.4. The van der Waals surface area contributed by atoms with Gasteiger partial charge in [0, 0.05) is 11.4 Å². The molecule has 2 aromatic carbocycles. The van der Waals surface area contributed by atoms with Gasteiger partial charge in [-0.3, -0.25) is 4.79 Å². The van der Waals surface area contributed by atoms with Gasteiger partial charge in [0.15, 0.2) is 0 Å². The van der Waals surface area contributed by atoms with E-state index >= 15 is 0 Å².